The quantitative estimate of drug-likeness (QED) is 0.818. The summed E-state index contributed by atoms with van der Waals surface area (Å²) in [6.45, 7) is 0.591. The van der Waals surface area contributed by atoms with Crippen LogP contribution in [0.2, 0.25) is 0 Å². The number of anilines is 1. The van der Waals surface area contributed by atoms with E-state index in [4.69, 9.17) is 9.78 Å². The minimum Gasteiger partial charge on any atom is -0.368 e. The van der Waals surface area contributed by atoms with Gasteiger partial charge in [-0.1, -0.05) is 5.16 Å². The zero-order valence-corrected chi connectivity index (χ0v) is 8.42. The molecular formula is C10H9N5O. The van der Waals surface area contributed by atoms with Gasteiger partial charge in [0, 0.05) is 19.2 Å². The molecule has 2 aromatic rings. The van der Waals surface area contributed by atoms with Crippen molar-refractivity contribution in [3.63, 3.8) is 0 Å². The molecule has 0 radical (unpaired) electrons. The van der Waals surface area contributed by atoms with E-state index in [2.05, 4.69) is 26.5 Å². The Morgan fingerprint density at radius 2 is 2.38 bits per heavy atom. The molecule has 1 N–H and O–H groups in total. The van der Waals surface area contributed by atoms with Gasteiger partial charge in [0.05, 0.1) is 5.56 Å². The predicted octanol–water partition coefficient (Wildman–Crippen LogP) is 0.991. The normalized spacial score (nSPS) is 9.69. The van der Waals surface area contributed by atoms with Crippen molar-refractivity contribution < 1.29 is 4.52 Å². The van der Waals surface area contributed by atoms with Crippen LogP contribution in [0, 0.1) is 11.3 Å². The lowest BCUT2D eigenvalue weighted by atomic mass is 10.3. The van der Waals surface area contributed by atoms with Crippen molar-refractivity contribution >= 4 is 5.82 Å². The summed E-state index contributed by atoms with van der Waals surface area (Å²) in [5.74, 6) is 1.13. The molecule has 0 aliphatic rings. The summed E-state index contributed by atoms with van der Waals surface area (Å²) in [5.41, 5.74) is 0.521. The molecule has 0 saturated heterocycles. The van der Waals surface area contributed by atoms with Crippen molar-refractivity contribution in [1.82, 2.24) is 15.1 Å². The first kappa shape index (κ1) is 10.1. The lowest BCUT2D eigenvalue weighted by molar-refractivity contribution is 0.379. The molecule has 0 atom stereocenters. The Hall–Kier alpha value is -2.42. The van der Waals surface area contributed by atoms with Crippen molar-refractivity contribution in [2.24, 2.45) is 0 Å². The van der Waals surface area contributed by atoms with Gasteiger partial charge in [-0.05, 0) is 12.1 Å². The summed E-state index contributed by atoms with van der Waals surface area (Å²) in [6, 6.07) is 5.50. The number of rotatable bonds is 4. The monoisotopic (exact) mass is 215 g/mol. The molecule has 0 saturated carbocycles. The lowest BCUT2D eigenvalue weighted by Gasteiger charge is -2.04. The number of nitriles is 1. The third kappa shape index (κ3) is 2.33. The highest BCUT2D eigenvalue weighted by Gasteiger charge is 2.02. The van der Waals surface area contributed by atoms with Crippen LogP contribution < -0.4 is 5.32 Å². The Balaban J connectivity index is 1.93. The highest BCUT2D eigenvalue weighted by molar-refractivity contribution is 5.51. The van der Waals surface area contributed by atoms with Crippen LogP contribution in [0.1, 0.15) is 11.5 Å². The second kappa shape index (κ2) is 4.89. The van der Waals surface area contributed by atoms with Crippen LogP contribution in [0.5, 0.6) is 0 Å². The predicted molar refractivity (Wildman–Crippen MR) is 55.4 cm³/mol. The highest BCUT2D eigenvalue weighted by atomic mass is 16.5. The minimum absolute atomic E-state index is 0.521. The second-order valence-corrected chi connectivity index (χ2v) is 3.02. The average Bonchev–Trinajstić information content (AvgIpc) is 2.83. The van der Waals surface area contributed by atoms with Crippen molar-refractivity contribution in [2.45, 2.75) is 6.42 Å². The standard InChI is InChI=1S/C10H9N5O/c11-6-8-2-1-4-12-10(8)13-5-3-9-14-7-15-16-9/h1-2,4,7H,3,5H2,(H,12,13). The largest absolute Gasteiger partial charge is 0.368 e. The highest BCUT2D eigenvalue weighted by Crippen LogP contribution is 2.09. The molecule has 0 amide bonds. The molecular weight excluding hydrogens is 206 g/mol. The SMILES string of the molecule is N#Cc1cccnc1NCCc1ncno1. The molecule has 0 bridgehead atoms. The van der Waals surface area contributed by atoms with Gasteiger partial charge in [0.1, 0.15) is 11.9 Å². The summed E-state index contributed by atoms with van der Waals surface area (Å²) < 4.78 is 4.84. The Morgan fingerprint density at radius 3 is 3.12 bits per heavy atom. The summed E-state index contributed by atoms with van der Waals surface area (Å²) in [7, 11) is 0. The fraction of sp³-hybridized carbons (Fsp3) is 0.200. The molecule has 0 aliphatic carbocycles. The third-order valence-electron chi connectivity index (χ3n) is 1.97. The molecule has 0 spiro atoms. The van der Waals surface area contributed by atoms with E-state index in [0.29, 0.717) is 30.2 Å². The molecule has 2 aromatic heterocycles. The van der Waals surface area contributed by atoms with Crippen LogP contribution in [0.4, 0.5) is 5.82 Å². The van der Waals surface area contributed by atoms with Gasteiger partial charge in [-0.15, -0.1) is 0 Å². The fourth-order valence-corrected chi connectivity index (χ4v) is 1.23. The van der Waals surface area contributed by atoms with E-state index < -0.39 is 0 Å². The van der Waals surface area contributed by atoms with E-state index in [9.17, 15) is 0 Å². The zero-order chi connectivity index (χ0) is 11.2. The molecule has 80 valence electrons. The van der Waals surface area contributed by atoms with Gasteiger partial charge in [0.15, 0.2) is 6.33 Å². The van der Waals surface area contributed by atoms with E-state index in [-0.39, 0.29) is 0 Å². The summed E-state index contributed by atoms with van der Waals surface area (Å²) >= 11 is 0. The molecule has 0 unspecified atom stereocenters. The molecule has 2 heterocycles. The number of hydrogen-bond acceptors (Lipinski definition) is 6. The maximum atomic E-state index is 8.83. The molecule has 0 fully saturated rings. The lowest BCUT2D eigenvalue weighted by Crippen LogP contribution is -2.07. The third-order valence-corrected chi connectivity index (χ3v) is 1.97. The van der Waals surface area contributed by atoms with Crippen LogP contribution in [0.3, 0.4) is 0 Å². The number of hydrogen-bond donors (Lipinski definition) is 1. The van der Waals surface area contributed by atoms with Crippen LogP contribution in [-0.4, -0.2) is 21.7 Å². The fourth-order valence-electron chi connectivity index (χ4n) is 1.23. The number of pyridine rings is 1. The van der Waals surface area contributed by atoms with E-state index in [0.717, 1.165) is 0 Å². The van der Waals surface area contributed by atoms with E-state index in [1.165, 1.54) is 6.33 Å². The van der Waals surface area contributed by atoms with Gasteiger partial charge in [-0.2, -0.15) is 10.2 Å². The van der Waals surface area contributed by atoms with Crippen molar-refractivity contribution in [2.75, 3.05) is 11.9 Å². The molecule has 0 aromatic carbocycles. The molecule has 16 heavy (non-hydrogen) atoms. The van der Waals surface area contributed by atoms with Gasteiger partial charge in [-0.3, -0.25) is 0 Å². The zero-order valence-electron chi connectivity index (χ0n) is 8.42. The van der Waals surface area contributed by atoms with E-state index in [1.54, 1.807) is 18.3 Å². The second-order valence-electron chi connectivity index (χ2n) is 3.02. The molecule has 2 rings (SSSR count). The van der Waals surface area contributed by atoms with Crippen molar-refractivity contribution in [3.05, 3.63) is 36.1 Å². The Bertz CT molecular complexity index is 488. The summed E-state index contributed by atoms with van der Waals surface area (Å²) in [4.78, 5) is 7.95. The van der Waals surface area contributed by atoms with E-state index in [1.807, 2.05) is 0 Å². The minimum atomic E-state index is 0.521. The van der Waals surface area contributed by atoms with Crippen LogP contribution >= 0.6 is 0 Å². The maximum absolute atomic E-state index is 8.83. The maximum Gasteiger partial charge on any atom is 0.228 e. The van der Waals surface area contributed by atoms with Crippen LogP contribution in [0.25, 0.3) is 0 Å². The number of nitrogens with one attached hydrogen (secondary N) is 1. The van der Waals surface area contributed by atoms with Crippen molar-refractivity contribution in [1.29, 1.82) is 5.26 Å². The number of aromatic nitrogens is 3. The topological polar surface area (TPSA) is 87.6 Å². The Labute approximate surface area is 91.9 Å². The van der Waals surface area contributed by atoms with Gasteiger partial charge in [0.2, 0.25) is 5.89 Å². The van der Waals surface area contributed by atoms with Crippen LogP contribution in [0.15, 0.2) is 29.2 Å². The van der Waals surface area contributed by atoms with E-state index >= 15 is 0 Å². The molecule has 6 nitrogen and oxygen atoms in total. The first-order valence-electron chi connectivity index (χ1n) is 4.74. The molecule has 0 aliphatic heterocycles. The molecule has 6 heteroatoms. The van der Waals surface area contributed by atoms with Gasteiger partial charge < -0.3 is 9.84 Å². The number of nitrogens with zero attached hydrogens (tertiary/aromatic N) is 4. The van der Waals surface area contributed by atoms with Gasteiger partial charge in [0.25, 0.3) is 0 Å². The first-order valence-corrected chi connectivity index (χ1v) is 4.74. The average molecular weight is 215 g/mol. The van der Waals surface area contributed by atoms with Crippen molar-refractivity contribution in [3.8, 4) is 6.07 Å². The summed E-state index contributed by atoms with van der Waals surface area (Å²) in [5, 5.41) is 15.4. The Kier molecular flexibility index (Phi) is 3.09. The van der Waals surface area contributed by atoms with Gasteiger partial charge >= 0.3 is 0 Å². The Morgan fingerprint density at radius 1 is 1.44 bits per heavy atom. The summed E-state index contributed by atoms with van der Waals surface area (Å²) in [6.07, 6.45) is 3.59. The van der Waals surface area contributed by atoms with Crippen LogP contribution in [-0.2, 0) is 6.42 Å². The first-order chi connectivity index (χ1) is 7.90. The smallest absolute Gasteiger partial charge is 0.228 e. The van der Waals surface area contributed by atoms with Gasteiger partial charge in [-0.25, -0.2) is 4.98 Å².